The molecule has 26 heavy (non-hydrogen) atoms. The Labute approximate surface area is 176 Å². The summed E-state index contributed by atoms with van der Waals surface area (Å²) in [5, 5.41) is 41.8. The van der Waals surface area contributed by atoms with Crippen molar-refractivity contribution >= 4 is 40.5 Å². The number of aliphatic hydroxyl groups is 4. The van der Waals surface area contributed by atoms with Gasteiger partial charge in [-0.3, -0.25) is 0 Å². The fourth-order valence-electron chi connectivity index (χ4n) is 2.92. The highest BCUT2D eigenvalue weighted by atomic mass is 32.1. The number of hydrogen-bond donors (Lipinski definition) is 5. The molecule has 152 valence electrons. The Hall–Kier alpha value is -0.190. The molecule has 5 N–H and O–H groups in total. The van der Waals surface area contributed by atoms with Crippen LogP contribution in [0, 0.1) is 0 Å². The molecule has 0 saturated carbocycles. The van der Waals surface area contributed by atoms with Crippen molar-refractivity contribution in [3.05, 3.63) is 47.5 Å². The normalized spacial score (nSPS) is 24.5. The van der Waals surface area contributed by atoms with Crippen molar-refractivity contribution in [1.82, 2.24) is 5.32 Å². The second kappa shape index (κ2) is 14.8. The van der Waals surface area contributed by atoms with E-state index in [1.165, 1.54) is 5.56 Å². The molecular formula is C18H33NO4S3. The molecule has 0 radical (unpaired) electrons. The van der Waals surface area contributed by atoms with Crippen molar-refractivity contribution in [2.24, 2.45) is 0 Å². The highest BCUT2D eigenvalue weighted by Gasteiger charge is 2.36. The van der Waals surface area contributed by atoms with Gasteiger partial charge in [-0.2, -0.15) is 40.5 Å². The van der Waals surface area contributed by atoms with Gasteiger partial charge >= 0.3 is 0 Å². The molecule has 1 aliphatic carbocycles. The average molecular weight is 424 g/mol. The van der Waals surface area contributed by atoms with Gasteiger partial charge in [0, 0.05) is 0 Å². The lowest BCUT2D eigenvalue weighted by atomic mass is 9.88. The number of aryl methyl sites for hydroxylation is 1. The third kappa shape index (κ3) is 8.22. The number of aliphatic hydroxyl groups excluding tert-OH is 4. The largest absolute Gasteiger partial charge is 0.392 e. The molecule has 1 aromatic rings. The molecule has 1 aliphatic rings. The van der Waals surface area contributed by atoms with Gasteiger partial charge in [0.1, 0.15) is 18.3 Å². The molecule has 0 aromatic heterocycles. The van der Waals surface area contributed by atoms with E-state index < -0.39 is 24.4 Å². The first-order valence-electron chi connectivity index (χ1n) is 8.26. The summed E-state index contributed by atoms with van der Waals surface area (Å²) in [6, 6.07) is 9.93. The van der Waals surface area contributed by atoms with Crippen LogP contribution < -0.4 is 5.32 Å². The third-order valence-electron chi connectivity index (χ3n) is 4.36. The number of nitrogens with one attached hydrogen (secondary N) is 1. The van der Waals surface area contributed by atoms with E-state index in [0.717, 1.165) is 25.7 Å². The van der Waals surface area contributed by atoms with Gasteiger partial charge in [0.25, 0.3) is 0 Å². The summed E-state index contributed by atoms with van der Waals surface area (Å²) in [4.78, 5) is 0. The van der Waals surface area contributed by atoms with Crippen LogP contribution in [0.2, 0.25) is 0 Å². The van der Waals surface area contributed by atoms with E-state index in [1.807, 2.05) is 18.2 Å². The molecule has 5 nitrogen and oxygen atoms in total. The molecule has 0 heterocycles. The van der Waals surface area contributed by atoms with Crippen molar-refractivity contribution in [3.8, 4) is 0 Å². The minimum atomic E-state index is -1.27. The van der Waals surface area contributed by atoms with E-state index in [-0.39, 0.29) is 47.1 Å². The Kier molecular flexibility index (Phi) is 16.0. The van der Waals surface area contributed by atoms with Crippen molar-refractivity contribution < 1.29 is 20.4 Å². The summed E-state index contributed by atoms with van der Waals surface area (Å²) >= 11 is 0. The predicted molar refractivity (Wildman–Crippen MR) is 120 cm³/mol. The van der Waals surface area contributed by atoms with Crippen LogP contribution in [0.3, 0.4) is 0 Å². The summed E-state index contributed by atoms with van der Waals surface area (Å²) in [7, 11) is 0. The second-order valence-corrected chi connectivity index (χ2v) is 6.10. The Morgan fingerprint density at radius 1 is 0.846 bits per heavy atom. The zero-order valence-electron chi connectivity index (χ0n) is 14.8. The molecule has 4 atom stereocenters. The van der Waals surface area contributed by atoms with Gasteiger partial charge in [-0.05, 0) is 36.9 Å². The van der Waals surface area contributed by atoms with Gasteiger partial charge in [0.15, 0.2) is 0 Å². The van der Waals surface area contributed by atoms with Crippen molar-refractivity contribution in [2.75, 3.05) is 13.2 Å². The lowest BCUT2D eigenvalue weighted by molar-refractivity contribution is -0.0641. The highest BCUT2D eigenvalue weighted by Crippen LogP contribution is 2.20. The Bertz CT molecular complexity index is 504. The highest BCUT2D eigenvalue weighted by molar-refractivity contribution is 7.59. The number of benzene rings is 1. The maximum atomic E-state index is 9.97. The summed E-state index contributed by atoms with van der Waals surface area (Å²) in [6.07, 6.45) is 2.31. The summed E-state index contributed by atoms with van der Waals surface area (Å²) in [5.41, 5.74) is 1.69. The van der Waals surface area contributed by atoms with E-state index in [4.69, 9.17) is 0 Å². The van der Waals surface area contributed by atoms with E-state index >= 15 is 0 Å². The van der Waals surface area contributed by atoms with Crippen LogP contribution in [0.25, 0.3) is 0 Å². The quantitative estimate of drug-likeness (QED) is 0.314. The molecule has 0 spiro atoms. The monoisotopic (exact) mass is 423 g/mol. The molecule has 0 fully saturated rings. The van der Waals surface area contributed by atoms with Crippen molar-refractivity contribution in [2.45, 2.75) is 50.0 Å². The minimum absolute atomic E-state index is 0. The molecule has 0 saturated heterocycles. The Morgan fingerprint density at radius 2 is 1.50 bits per heavy atom. The summed E-state index contributed by atoms with van der Waals surface area (Å²) in [5.74, 6) is 0. The molecule has 0 amide bonds. The number of unbranched alkanes of at least 4 members (excludes halogenated alkanes) is 2. The topological polar surface area (TPSA) is 93.0 Å². The zero-order chi connectivity index (χ0) is 16.7. The molecule has 1 unspecified atom stereocenters. The van der Waals surface area contributed by atoms with Gasteiger partial charge in [0.2, 0.25) is 0 Å². The van der Waals surface area contributed by atoms with Crippen LogP contribution in [0.1, 0.15) is 24.8 Å². The molecule has 2 rings (SSSR count). The van der Waals surface area contributed by atoms with E-state index in [9.17, 15) is 20.4 Å². The van der Waals surface area contributed by atoms with Crippen LogP contribution in [0.5, 0.6) is 0 Å². The van der Waals surface area contributed by atoms with Crippen LogP contribution in [0.4, 0.5) is 0 Å². The standard InChI is InChI=1S/C18H27NO4.3H2S/c20-12-14-11-15(17(22)18(23)16(14)21)19-10-6-2-5-9-13-7-3-1-4-8-13;;;/h1,3-4,7-8,11,15-23H,2,5-6,9-10,12H2;3*1H2/t15-,16+,17-,18?;;;/m0.../s1. The molecule has 8 heteroatoms. The number of rotatable bonds is 8. The van der Waals surface area contributed by atoms with E-state index in [2.05, 4.69) is 17.4 Å². The molecular weight excluding hydrogens is 390 g/mol. The fourth-order valence-corrected chi connectivity index (χ4v) is 2.92. The van der Waals surface area contributed by atoms with Gasteiger partial charge in [0.05, 0.1) is 12.6 Å². The smallest absolute Gasteiger partial charge is 0.111 e. The van der Waals surface area contributed by atoms with Crippen LogP contribution >= 0.6 is 40.5 Å². The third-order valence-corrected chi connectivity index (χ3v) is 4.36. The lowest BCUT2D eigenvalue weighted by Gasteiger charge is -2.34. The van der Waals surface area contributed by atoms with E-state index in [0.29, 0.717) is 12.1 Å². The second-order valence-electron chi connectivity index (χ2n) is 6.10. The average Bonchev–Trinajstić information content (AvgIpc) is 2.58. The lowest BCUT2D eigenvalue weighted by Crippen LogP contribution is -2.54. The van der Waals surface area contributed by atoms with Gasteiger partial charge in [-0.1, -0.05) is 42.8 Å². The van der Waals surface area contributed by atoms with Gasteiger partial charge in [-0.25, -0.2) is 0 Å². The van der Waals surface area contributed by atoms with Crippen LogP contribution in [-0.4, -0.2) is 57.9 Å². The van der Waals surface area contributed by atoms with Gasteiger partial charge in [-0.15, -0.1) is 0 Å². The SMILES string of the molecule is OCC1=C[C@H](NCCCCCc2ccccc2)[C@H](O)C(O)[C@@H]1O.S.S.S. The maximum absolute atomic E-state index is 9.97. The van der Waals surface area contributed by atoms with Crippen LogP contribution in [-0.2, 0) is 6.42 Å². The molecule has 0 aliphatic heterocycles. The predicted octanol–water partition coefficient (Wildman–Crippen LogP) is 0.711. The van der Waals surface area contributed by atoms with Crippen molar-refractivity contribution in [3.63, 3.8) is 0 Å². The Balaban J connectivity index is 0. The molecule has 1 aromatic carbocycles. The van der Waals surface area contributed by atoms with E-state index in [1.54, 1.807) is 6.08 Å². The van der Waals surface area contributed by atoms with Gasteiger partial charge < -0.3 is 25.7 Å². The first-order valence-corrected chi connectivity index (χ1v) is 8.26. The van der Waals surface area contributed by atoms with Crippen molar-refractivity contribution in [1.29, 1.82) is 0 Å². The first-order chi connectivity index (χ1) is 11.1. The Morgan fingerprint density at radius 3 is 2.12 bits per heavy atom. The minimum Gasteiger partial charge on any atom is -0.392 e. The summed E-state index contributed by atoms with van der Waals surface area (Å²) in [6.45, 7) is 0.398. The maximum Gasteiger partial charge on any atom is 0.111 e. The van der Waals surface area contributed by atoms with Crippen LogP contribution in [0.15, 0.2) is 42.0 Å². The number of hydrogen-bond acceptors (Lipinski definition) is 5. The fraction of sp³-hybridized carbons (Fsp3) is 0.556. The first kappa shape index (κ1) is 28.0. The zero-order valence-corrected chi connectivity index (χ0v) is 17.8. The summed E-state index contributed by atoms with van der Waals surface area (Å²) < 4.78 is 0. The molecule has 0 bridgehead atoms.